The molecule has 0 radical (unpaired) electrons. The Balaban J connectivity index is 1.25. The molecule has 1 amide bonds. The molecule has 2 aliphatic heterocycles. The fourth-order valence-electron chi connectivity index (χ4n) is 4.29. The Morgan fingerprint density at radius 1 is 1.06 bits per heavy atom. The average Bonchev–Trinajstić information content (AvgIpc) is 3.68. The molecule has 2 aromatic rings. The minimum atomic E-state index is -3.03. The van der Waals surface area contributed by atoms with Gasteiger partial charge in [0, 0.05) is 43.9 Å². The smallest absolute Gasteiger partial charge is 0.346 e. The summed E-state index contributed by atoms with van der Waals surface area (Å²) in [5, 5.41) is 14.7. The maximum Gasteiger partial charge on any atom is 0.346 e. The summed E-state index contributed by atoms with van der Waals surface area (Å²) in [6.45, 7) is 3.04. The van der Waals surface area contributed by atoms with Crippen LogP contribution in [-0.4, -0.2) is 52.4 Å². The molecule has 0 spiro atoms. The van der Waals surface area contributed by atoms with Gasteiger partial charge in [-0.05, 0) is 67.1 Å². The second-order valence-corrected chi connectivity index (χ2v) is 11.5. The van der Waals surface area contributed by atoms with Crippen molar-refractivity contribution in [1.29, 1.82) is 0 Å². The van der Waals surface area contributed by atoms with Crippen LogP contribution in [-0.2, 0) is 15.5 Å². The van der Waals surface area contributed by atoms with Gasteiger partial charge in [-0.2, -0.15) is 0 Å². The minimum absolute atomic E-state index is 0.0997. The van der Waals surface area contributed by atoms with E-state index >= 15 is 0 Å². The van der Waals surface area contributed by atoms with Gasteiger partial charge in [0.2, 0.25) is 5.75 Å². The Morgan fingerprint density at radius 3 is 2.32 bits per heavy atom. The number of hydrogen-bond acceptors (Lipinski definition) is 6. The van der Waals surface area contributed by atoms with Gasteiger partial charge in [-0.25, -0.2) is 9.34 Å². The number of ether oxygens (including phenoxy) is 1. The lowest BCUT2D eigenvalue weighted by molar-refractivity contribution is -0.385. The number of nitrogens with one attached hydrogen (secondary N) is 1. The van der Waals surface area contributed by atoms with Crippen molar-refractivity contribution < 1.29 is 23.5 Å². The average molecular weight is 484 g/mol. The lowest BCUT2D eigenvalue weighted by atomic mass is 10.1. The number of carbonyl (C=O) groups excluding carboxylic acids is 1. The second kappa shape index (κ2) is 8.16. The standard InChI is InChI=1S/C23H25N4O6P/c28-23(24-17-4-5-17)15-1-6-18(7-2-15)32-22-14-19-16(13-20(22)27(29)30)3-8-21(19)33-34(31,25-9-10-25)26-11-12-26/h1-2,6-7,13-14,17,21H,3-5,8-12H2,(H,24,28)/t21-/m0/s1. The lowest BCUT2D eigenvalue weighted by Crippen LogP contribution is -2.25. The number of nitrogens with zero attached hydrogens (tertiary/aromatic N) is 3. The Kier molecular flexibility index (Phi) is 5.22. The largest absolute Gasteiger partial charge is 0.450 e. The Morgan fingerprint density at radius 2 is 1.74 bits per heavy atom. The maximum atomic E-state index is 13.5. The van der Waals surface area contributed by atoms with Gasteiger partial charge >= 0.3 is 13.4 Å². The van der Waals surface area contributed by atoms with Crippen molar-refractivity contribution in [3.8, 4) is 11.5 Å². The Labute approximate surface area is 196 Å². The van der Waals surface area contributed by atoms with Crippen molar-refractivity contribution in [3.63, 3.8) is 0 Å². The first-order valence-electron chi connectivity index (χ1n) is 11.6. The van der Waals surface area contributed by atoms with Gasteiger partial charge in [0.25, 0.3) is 5.91 Å². The zero-order chi connectivity index (χ0) is 23.4. The molecule has 0 aromatic heterocycles. The summed E-state index contributed by atoms with van der Waals surface area (Å²) in [6.07, 6.45) is 2.84. The summed E-state index contributed by atoms with van der Waals surface area (Å²) in [5.41, 5.74) is 1.98. The van der Waals surface area contributed by atoms with Crippen LogP contribution in [0, 0.1) is 10.1 Å². The number of carbonyl (C=O) groups is 1. The van der Waals surface area contributed by atoms with E-state index in [-0.39, 0.29) is 23.4 Å². The number of hydrogen-bond donors (Lipinski definition) is 1. The Hall–Kier alpha value is -2.78. The van der Waals surface area contributed by atoms with Crippen LogP contribution in [0.4, 0.5) is 5.69 Å². The van der Waals surface area contributed by atoms with Crippen LogP contribution >= 0.6 is 7.67 Å². The number of nitro benzene ring substituents is 1. The first-order chi connectivity index (χ1) is 16.4. The maximum absolute atomic E-state index is 13.5. The van der Waals surface area contributed by atoms with Crippen molar-refractivity contribution in [2.75, 3.05) is 26.2 Å². The van der Waals surface area contributed by atoms with Gasteiger partial charge in [-0.3, -0.25) is 24.0 Å². The molecule has 2 heterocycles. The molecule has 1 atom stereocenters. The fraction of sp³-hybridized carbons (Fsp3) is 0.435. The molecular weight excluding hydrogens is 459 g/mol. The summed E-state index contributed by atoms with van der Waals surface area (Å²) in [7, 11) is -3.03. The van der Waals surface area contributed by atoms with E-state index in [1.165, 1.54) is 6.07 Å². The molecule has 1 N–H and O–H groups in total. The fourth-order valence-corrected chi connectivity index (χ4v) is 6.65. The summed E-state index contributed by atoms with van der Waals surface area (Å²) >= 11 is 0. The number of fused-ring (bicyclic) bond motifs is 1. The van der Waals surface area contributed by atoms with Gasteiger partial charge in [-0.1, -0.05) is 0 Å². The minimum Gasteiger partial charge on any atom is -0.450 e. The molecule has 11 heteroatoms. The van der Waals surface area contributed by atoms with Crippen LogP contribution in [0.25, 0.3) is 0 Å². The van der Waals surface area contributed by atoms with E-state index in [9.17, 15) is 19.5 Å². The Bertz CT molecular complexity index is 1190. The van der Waals surface area contributed by atoms with Crippen LogP contribution in [0.1, 0.15) is 46.9 Å². The van der Waals surface area contributed by atoms with E-state index in [1.54, 1.807) is 30.3 Å². The molecule has 3 fully saturated rings. The van der Waals surface area contributed by atoms with E-state index in [1.807, 2.05) is 9.34 Å². The zero-order valence-electron chi connectivity index (χ0n) is 18.5. The molecule has 2 aliphatic carbocycles. The molecule has 34 heavy (non-hydrogen) atoms. The second-order valence-electron chi connectivity index (χ2n) is 9.18. The topological polar surface area (TPSA) is 114 Å². The van der Waals surface area contributed by atoms with Crippen LogP contribution < -0.4 is 10.1 Å². The lowest BCUT2D eigenvalue weighted by Gasteiger charge is -2.24. The van der Waals surface area contributed by atoms with Crippen molar-refractivity contribution in [3.05, 3.63) is 63.2 Å². The molecular formula is C23H25N4O6P. The third kappa shape index (κ3) is 4.22. The van der Waals surface area contributed by atoms with Crippen molar-refractivity contribution in [1.82, 2.24) is 14.7 Å². The van der Waals surface area contributed by atoms with Crippen LogP contribution in [0.5, 0.6) is 11.5 Å². The van der Waals surface area contributed by atoms with Gasteiger partial charge in [0.1, 0.15) is 5.75 Å². The third-order valence-electron chi connectivity index (χ3n) is 6.52. The highest BCUT2D eigenvalue weighted by Gasteiger charge is 2.51. The number of amides is 1. The zero-order valence-corrected chi connectivity index (χ0v) is 19.4. The number of nitro groups is 1. The van der Waals surface area contributed by atoms with E-state index in [0.717, 1.165) is 50.1 Å². The molecule has 10 nitrogen and oxygen atoms in total. The highest BCUT2D eigenvalue weighted by Crippen LogP contribution is 2.64. The van der Waals surface area contributed by atoms with Crippen molar-refractivity contribution in [2.45, 2.75) is 37.8 Å². The van der Waals surface area contributed by atoms with Crippen LogP contribution in [0.2, 0.25) is 0 Å². The SMILES string of the molecule is O=C(NC1CC1)c1ccc(Oc2cc3c(cc2[N+](=O)[O-])CC[C@@H]3OP(=O)(N2CC2)N2CC2)cc1. The summed E-state index contributed by atoms with van der Waals surface area (Å²) in [6, 6.07) is 9.98. The molecule has 6 rings (SSSR count). The van der Waals surface area contributed by atoms with Crippen LogP contribution in [0.3, 0.4) is 0 Å². The monoisotopic (exact) mass is 484 g/mol. The molecule has 2 aromatic carbocycles. The molecule has 178 valence electrons. The predicted molar refractivity (Wildman–Crippen MR) is 123 cm³/mol. The summed E-state index contributed by atoms with van der Waals surface area (Å²) in [5.74, 6) is 0.350. The molecule has 4 aliphatic rings. The van der Waals surface area contributed by atoms with Gasteiger partial charge in [0.05, 0.1) is 11.0 Å². The predicted octanol–water partition coefficient (Wildman–Crippen LogP) is 4.02. The van der Waals surface area contributed by atoms with Gasteiger partial charge in [-0.15, -0.1) is 0 Å². The van der Waals surface area contributed by atoms with Crippen molar-refractivity contribution in [2.24, 2.45) is 0 Å². The first-order valence-corrected chi connectivity index (χ1v) is 13.1. The number of rotatable bonds is 9. The number of benzene rings is 2. The van der Waals surface area contributed by atoms with Gasteiger partial charge in [0.15, 0.2) is 0 Å². The quantitative estimate of drug-likeness (QED) is 0.246. The molecule has 1 saturated carbocycles. The van der Waals surface area contributed by atoms with Crippen LogP contribution in [0.15, 0.2) is 36.4 Å². The third-order valence-corrected chi connectivity index (χ3v) is 9.28. The highest BCUT2D eigenvalue weighted by molar-refractivity contribution is 7.54. The van der Waals surface area contributed by atoms with E-state index in [2.05, 4.69) is 5.32 Å². The molecule has 0 unspecified atom stereocenters. The van der Waals surface area contributed by atoms with Crippen molar-refractivity contribution >= 4 is 19.3 Å². The first kappa shape index (κ1) is 21.7. The highest BCUT2D eigenvalue weighted by atomic mass is 31.2. The summed E-state index contributed by atoms with van der Waals surface area (Å²) in [4.78, 5) is 23.5. The summed E-state index contributed by atoms with van der Waals surface area (Å²) < 4.78 is 29.3. The number of aryl methyl sites for hydroxylation is 1. The molecule has 0 bridgehead atoms. The van der Waals surface area contributed by atoms with E-state index in [0.29, 0.717) is 24.2 Å². The van der Waals surface area contributed by atoms with E-state index < -0.39 is 18.7 Å². The molecule has 2 saturated heterocycles. The van der Waals surface area contributed by atoms with E-state index in [4.69, 9.17) is 9.26 Å². The van der Waals surface area contributed by atoms with Gasteiger partial charge < -0.3 is 10.1 Å². The normalized spacial score (nSPS) is 21.7.